The Hall–Kier alpha value is -2.02. The molecule has 0 aliphatic rings. The number of carbonyl (C=O) groups is 2. The fourth-order valence-corrected chi connectivity index (χ4v) is 2.68. The molecule has 0 radical (unpaired) electrons. The van der Waals surface area contributed by atoms with Crippen LogP contribution in [0, 0.1) is 12.8 Å². The standard InChI is InChI=1S/C15H19N3O3S/c1-9(2)14(15-16-10(3)18-21-15)17-13(20)7-6-11(19)12-5-4-8-22-12/h4-5,8-9,14H,6-7H2,1-3H3,(H,17,20)/t14-/m1/s1. The van der Waals surface area contributed by atoms with Crippen LogP contribution in [0.15, 0.2) is 22.0 Å². The molecule has 0 spiro atoms. The molecule has 1 amide bonds. The number of hydrogen-bond donors (Lipinski definition) is 1. The maximum absolute atomic E-state index is 12.1. The van der Waals surface area contributed by atoms with Crippen molar-refractivity contribution < 1.29 is 14.1 Å². The molecular formula is C15H19N3O3S. The first-order valence-electron chi connectivity index (χ1n) is 7.13. The summed E-state index contributed by atoms with van der Waals surface area (Å²) in [5.41, 5.74) is 0. The summed E-state index contributed by atoms with van der Waals surface area (Å²) in [6.07, 6.45) is 0.340. The van der Waals surface area contributed by atoms with Crippen molar-refractivity contribution >= 4 is 23.0 Å². The number of ketones is 1. The summed E-state index contributed by atoms with van der Waals surface area (Å²) >= 11 is 1.39. The Morgan fingerprint density at radius 1 is 1.36 bits per heavy atom. The van der Waals surface area contributed by atoms with Gasteiger partial charge in [0.1, 0.15) is 6.04 Å². The number of aryl methyl sites for hydroxylation is 1. The lowest BCUT2D eigenvalue weighted by Crippen LogP contribution is -2.32. The molecule has 0 saturated carbocycles. The molecule has 118 valence electrons. The highest BCUT2D eigenvalue weighted by Gasteiger charge is 2.24. The monoisotopic (exact) mass is 321 g/mol. The quantitative estimate of drug-likeness (QED) is 0.793. The first-order chi connectivity index (χ1) is 10.5. The number of nitrogens with one attached hydrogen (secondary N) is 1. The third-order valence-corrected chi connectivity index (χ3v) is 4.08. The van der Waals surface area contributed by atoms with Gasteiger partial charge in [0.05, 0.1) is 4.88 Å². The van der Waals surface area contributed by atoms with Crippen molar-refractivity contribution in [2.45, 2.75) is 39.7 Å². The van der Waals surface area contributed by atoms with Crippen LogP contribution in [0.2, 0.25) is 0 Å². The summed E-state index contributed by atoms with van der Waals surface area (Å²) in [6, 6.07) is 3.25. The highest BCUT2D eigenvalue weighted by molar-refractivity contribution is 7.12. The summed E-state index contributed by atoms with van der Waals surface area (Å²) in [4.78, 5) is 28.8. The zero-order valence-electron chi connectivity index (χ0n) is 12.8. The zero-order chi connectivity index (χ0) is 16.1. The summed E-state index contributed by atoms with van der Waals surface area (Å²) in [5.74, 6) is 0.823. The number of amides is 1. The Bertz CT molecular complexity index is 634. The minimum Gasteiger partial charge on any atom is -0.344 e. The van der Waals surface area contributed by atoms with Gasteiger partial charge in [0, 0.05) is 12.8 Å². The van der Waals surface area contributed by atoms with Gasteiger partial charge in [-0.3, -0.25) is 9.59 Å². The van der Waals surface area contributed by atoms with Crippen LogP contribution in [0.5, 0.6) is 0 Å². The van der Waals surface area contributed by atoms with Gasteiger partial charge < -0.3 is 9.84 Å². The summed E-state index contributed by atoms with van der Waals surface area (Å²) < 4.78 is 5.13. The van der Waals surface area contributed by atoms with Gasteiger partial charge in [0.2, 0.25) is 11.8 Å². The van der Waals surface area contributed by atoms with Crippen molar-refractivity contribution in [2.24, 2.45) is 5.92 Å². The Balaban J connectivity index is 1.90. The first-order valence-corrected chi connectivity index (χ1v) is 8.01. The Morgan fingerprint density at radius 2 is 2.14 bits per heavy atom. The maximum Gasteiger partial charge on any atom is 0.249 e. The van der Waals surface area contributed by atoms with E-state index in [-0.39, 0.29) is 36.5 Å². The SMILES string of the molecule is Cc1noc([C@H](NC(=O)CCC(=O)c2cccs2)C(C)C)n1. The second-order valence-corrected chi connectivity index (χ2v) is 6.32. The van der Waals surface area contributed by atoms with E-state index < -0.39 is 0 Å². The van der Waals surface area contributed by atoms with Crippen molar-refractivity contribution in [1.82, 2.24) is 15.5 Å². The average molecular weight is 321 g/mol. The highest BCUT2D eigenvalue weighted by atomic mass is 32.1. The van der Waals surface area contributed by atoms with E-state index >= 15 is 0 Å². The van der Waals surface area contributed by atoms with Crippen LogP contribution >= 0.6 is 11.3 Å². The van der Waals surface area contributed by atoms with E-state index in [9.17, 15) is 9.59 Å². The van der Waals surface area contributed by atoms with E-state index in [4.69, 9.17) is 4.52 Å². The summed E-state index contributed by atoms with van der Waals surface area (Å²) in [5, 5.41) is 8.45. The van der Waals surface area contributed by atoms with Crippen molar-refractivity contribution in [1.29, 1.82) is 0 Å². The van der Waals surface area contributed by atoms with Gasteiger partial charge in [-0.15, -0.1) is 11.3 Å². The average Bonchev–Trinajstić information content (AvgIpc) is 3.13. The Kier molecular flexibility index (Phi) is 5.43. The summed E-state index contributed by atoms with van der Waals surface area (Å²) in [6.45, 7) is 5.65. The highest BCUT2D eigenvalue weighted by Crippen LogP contribution is 2.20. The van der Waals surface area contributed by atoms with Crippen LogP contribution < -0.4 is 5.32 Å². The number of carbonyl (C=O) groups excluding carboxylic acids is 2. The molecule has 2 aromatic heterocycles. The molecule has 0 fully saturated rings. The molecule has 0 aromatic carbocycles. The Morgan fingerprint density at radius 3 is 2.68 bits per heavy atom. The zero-order valence-corrected chi connectivity index (χ0v) is 13.6. The van der Waals surface area contributed by atoms with Gasteiger partial charge in [-0.2, -0.15) is 4.98 Å². The van der Waals surface area contributed by atoms with Crippen molar-refractivity contribution in [3.63, 3.8) is 0 Å². The van der Waals surface area contributed by atoms with Crippen molar-refractivity contribution in [3.8, 4) is 0 Å². The molecule has 0 saturated heterocycles. The molecule has 6 nitrogen and oxygen atoms in total. The first kappa shape index (κ1) is 16.4. The van der Waals surface area contributed by atoms with Crippen LogP contribution in [0.3, 0.4) is 0 Å². The van der Waals surface area contributed by atoms with E-state index in [2.05, 4.69) is 15.5 Å². The predicted octanol–water partition coefficient (Wildman–Crippen LogP) is 2.92. The molecule has 2 rings (SSSR count). The van der Waals surface area contributed by atoms with Crippen LogP contribution in [0.1, 0.15) is 54.1 Å². The molecule has 0 unspecified atom stereocenters. The molecule has 2 aromatic rings. The lowest BCUT2D eigenvalue weighted by Gasteiger charge is -2.18. The molecule has 0 aliphatic heterocycles. The van der Waals surface area contributed by atoms with E-state index in [0.29, 0.717) is 16.6 Å². The number of hydrogen-bond acceptors (Lipinski definition) is 6. The molecular weight excluding hydrogens is 302 g/mol. The fourth-order valence-electron chi connectivity index (χ4n) is 1.99. The third-order valence-electron chi connectivity index (χ3n) is 3.17. The van der Waals surface area contributed by atoms with Crippen LogP contribution in [0.25, 0.3) is 0 Å². The molecule has 0 bridgehead atoms. The molecule has 0 aliphatic carbocycles. The van der Waals surface area contributed by atoms with Crippen molar-refractivity contribution in [2.75, 3.05) is 0 Å². The van der Waals surface area contributed by atoms with Gasteiger partial charge in [0.15, 0.2) is 11.6 Å². The normalized spacial score (nSPS) is 12.4. The number of Topliss-reactive ketones (excluding diaryl/α,β-unsaturated/α-hetero) is 1. The molecule has 1 N–H and O–H groups in total. The number of aromatic nitrogens is 2. The van der Waals surface area contributed by atoms with Gasteiger partial charge in [-0.1, -0.05) is 25.1 Å². The number of rotatable bonds is 7. The third kappa shape index (κ3) is 4.24. The number of thiophene rings is 1. The molecule has 1 atom stereocenters. The van der Waals surface area contributed by atoms with E-state index in [1.165, 1.54) is 11.3 Å². The van der Waals surface area contributed by atoms with E-state index in [1.807, 2.05) is 25.3 Å². The predicted molar refractivity (Wildman–Crippen MR) is 82.6 cm³/mol. The Labute approximate surface area is 132 Å². The van der Waals surface area contributed by atoms with Crippen LogP contribution in [-0.4, -0.2) is 21.8 Å². The largest absolute Gasteiger partial charge is 0.344 e. The maximum atomic E-state index is 12.1. The lowest BCUT2D eigenvalue weighted by atomic mass is 10.0. The van der Waals surface area contributed by atoms with Crippen molar-refractivity contribution in [3.05, 3.63) is 34.1 Å². The second kappa shape index (κ2) is 7.31. The van der Waals surface area contributed by atoms with Crippen LogP contribution in [0.4, 0.5) is 0 Å². The van der Waals surface area contributed by atoms with Crippen LogP contribution in [-0.2, 0) is 4.79 Å². The molecule has 22 heavy (non-hydrogen) atoms. The van der Waals surface area contributed by atoms with E-state index in [1.54, 1.807) is 13.0 Å². The topological polar surface area (TPSA) is 85.1 Å². The van der Waals surface area contributed by atoms with E-state index in [0.717, 1.165) is 0 Å². The number of nitrogens with zero attached hydrogens (tertiary/aromatic N) is 2. The van der Waals surface area contributed by atoms with Gasteiger partial charge >= 0.3 is 0 Å². The summed E-state index contributed by atoms with van der Waals surface area (Å²) in [7, 11) is 0. The molecule has 7 heteroatoms. The molecule has 2 heterocycles. The van der Waals surface area contributed by atoms with Gasteiger partial charge in [-0.25, -0.2) is 0 Å². The smallest absolute Gasteiger partial charge is 0.249 e. The minimum absolute atomic E-state index is 0.0140. The van der Waals surface area contributed by atoms with Gasteiger partial charge in [0.25, 0.3) is 0 Å². The lowest BCUT2D eigenvalue weighted by molar-refractivity contribution is -0.122. The fraction of sp³-hybridized carbons (Fsp3) is 0.467. The minimum atomic E-state index is -0.342. The second-order valence-electron chi connectivity index (χ2n) is 5.37. The van der Waals surface area contributed by atoms with Gasteiger partial charge in [-0.05, 0) is 24.3 Å².